The fourth-order valence-electron chi connectivity index (χ4n) is 0.0275. The smallest absolute Gasteiger partial charge is 0.191 e. The Morgan fingerprint density at radius 2 is 1.67 bits per heavy atom. The Morgan fingerprint density at radius 3 is 1.67 bits per heavy atom. The third-order valence-electron chi connectivity index (χ3n) is 0.306. The second-order valence-electron chi connectivity index (χ2n) is 0.816. The fourth-order valence-corrected chi connectivity index (χ4v) is 0.0825. The maximum atomic E-state index is 10.9. The van der Waals surface area contributed by atoms with Gasteiger partial charge in [0.25, 0.3) is 0 Å². The molecule has 0 rings (SSSR count). The maximum absolute atomic E-state index is 10.9. The van der Waals surface area contributed by atoms with E-state index in [4.69, 9.17) is 0 Å². The molecule has 0 aliphatic heterocycles. The number of alkyl halides is 2. The predicted octanol–water partition coefficient (Wildman–Crippen LogP) is 0.440. The molecule has 0 heterocycles. The first-order valence-corrected chi connectivity index (χ1v) is 2.80. The van der Waals surface area contributed by atoms with Crippen molar-refractivity contribution in [1.82, 2.24) is 0 Å². The normalized spacial score (nSPS) is 11.1. The van der Waals surface area contributed by atoms with E-state index in [2.05, 4.69) is 0 Å². The van der Waals surface area contributed by atoms with Crippen molar-refractivity contribution in [3.05, 3.63) is 0 Å². The summed E-state index contributed by atoms with van der Waals surface area (Å²) in [6, 6.07) is 0. The van der Waals surface area contributed by atoms with Crippen LogP contribution in [0.3, 0.4) is 0 Å². The van der Waals surface area contributed by atoms with E-state index in [0.717, 1.165) is 0 Å². The van der Waals surface area contributed by atoms with Gasteiger partial charge < -0.3 is 0 Å². The zero-order valence-corrected chi connectivity index (χ0v) is 6.30. The van der Waals surface area contributed by atoms with Gasteiger partial charge in [-0.25, -0.2) is 0 Å². The molecular formula is CHErF3O3S. The molecule has 0 spiro atoms. The molecule has 0 saturated heterocycles. The number of hydrogen-bond donors (Lipinski definition) is 0. The van der Waals surface area contributed by atoms with Gasteiger partial charge >= 0.3 is 15.9 Å². The van der Waals surface area contributed by atoms with Crippen molar-refractivity contribution in [2.75, 3.05) is 0 Å². The van der Waals surface area contributed by atoms with E-state index in [1.165, 1.54) is 0 Å². The SMILES string of the molecule is O=S(=O)(OF)C(F)F.[Er]. The summed E-state index contributed by atoms with van der Waals surface area (Å²) in [5.74, 6) is -3.81. The number of halogens is 3. The molecule has 0 atom stereocenters. The van der Waals surface area contributed by atoms with E-state index in [0.29, 0.717) is 0 Å². The summed E-state index contributed by atoms with van der Waals surface area (Å²) in [6.45, 7) is 0. The van der Waals surface area contributed by atoms with Gasteiger partial charge in [0.1, 0.15) is 0 Å². The van der Waals surface area contributed by atoms with Crippen molar-refractivity contribution in [2.24, 2.45) is 0 Å². The Balaban J connectivity index is 0. The Labute approximate surface area is 78.8 Å². The van der Waals surface area contributed by atoms with Gasteiger partial charge in [-0.2, -0.15) is 17.2 Å². The van der Waals surface area contributed by atoms with Gasteiger partial charge in [-0.15, -0.1) is 0 Å². The summed E-state index contributed by atoms with van der Waals surface area (Å²) in [5, 5.41) is 0. The van der Waals surface area contributed by atoms with Crippen molar-refractivity contribution in [3.8, 4) is 0 Å². The molecule has 0 aliphatic rings. The molecule has 9 heavy (non-hydrogen) atoms. The van der Waals surface area contributed by atoms with Crippen LogP contribution in [0.5, 0.6) is 0 Å². The monoisotopic (exact) mass is 316 g/mol. The van der Waals surface area contributed by atoms with Gasteiger partial charge in [-0.05, 0) is 4.53 Å². The van der Waals surface area contributed by atoms with E-state index in [1.54, 1.807) is 0 Å². The minimum Gasteiger partial charge on any atom is -0.191 e. The minimum absolute atomic E-state index is 0. The zero-order valence-electron chi connectivity index (χ0n) is 3.63. The third kappa shape index (κ3) is 4.36. The van der Waals surface area contributed by atoms with E-state index >= 15 is 0 Å². The van der Waals surface area contributed by atoms with Crippen molar-refractivity contribution in [1.29, 1.82) is 0 Å². The average Bonchev–Trinajstić information content (AvgIpc) is 1.67. The minimum atomic E-state index is -5.24. The van der Waals surface area contributed by atoms with Gasteiger partial charge in [0.2, 0.25) is 0 Å². The maximum Gasteiger partial charge on any atom is 0.363 e. The topological polar surface area (TPSA) is 43.4 Å². The molecule has 0 aliphatic carbocycles. The molecule has 0 unspecified atom stereocenters. The molecule has 0 amide bonds. The fraction of sp³-hybridized carbons (Fsp3) is 1.00. The molecule has 0 aromatic heterocycles. The summed E-state index contributed by atoms with van der Waals surface area (Å²) in [4.78, 5) is 0. The molecule has 0 bridgehead atoms. The van der Waals surface area contributed by atoms with Crippen LogP contribution in [0.1, 0.15) is 0 Å². The summed E-state index contributed by atoms with van der Waals surface area (Å²) in [7, 11) is -5.24. The van der Waals surface area contributed by atoms with Crippen LogP contribution in [0.15, 0.2) is 0 Å². The van der Waals surface area contributed by atoms with Gasteiger partial charge in [0.05, 0.1) is 0 Å². The molecule has 3 nitrogen and oxygen atoms in total. The quantitative estimate of drug-likeness (QED) is 0.742. The first kappa shape index (κ1) is 12.6. The number of hydrogen-bond acceptors (Lipinski definition) is 3. The molecule has 0 saturated carbocycles. The summed E-state index contributed by atoms with van der Waals surface area (Å²) in [5.41, 5.74) is 0. The summed E-state index contributed by atoms with van der Waals surface area (Å²) < 4.78 is 52.8. The van der Waals surface area contributed by atoms with Crippen LogP contribution in [-0.2, 0) is 14.5 Å². The largest absolute Gasteiger partial charge is 0.363 e. The van der Waals surface area contributed by atoms with Crippen molar-refractivity contribution in [2.45, 2.75) is 5.76 Å². The zero-order chi connectivity index (χ0) is 6.78. The molecule has 62 valence electrons. The van der Waals surface area contributed by atoms with Crippen LogP contribution in [-0.4, -0.2) is 14.2 Å². The Kier molecular flexibility index (Phi) is 6.60. The Hall–Kier alpha value is 0.947. The molecule has 0 N–H and O–H groups in total. The second kappa shape index (κ2) is 4.71. The van der Waals surface area contributed by atoms with E-state index < -0.39 is 15.9 Å². The molecule has 0 fully saturated rings. The third-order valence-corrected chi connectivity index (χ3v) is 0.918. The van der Waals surface area contributed by atoms with Crippen molar-refractivity contribution < 1.29 is 63.4 Å². The van der Waals surface area contributed by atoms with Gasteiger partial charge in [-0.3, -0.25) is 0 Å². The molecule has 0 aromatic carbocycles. The van der Waals surface area contributed by atoms with Crippen LogP contribution in [0.2, 0.25) is 0 Å². The van der Waals surface area contributed by atoms with Crippen molar-refractivity contribution >= 4 is 10.1 Å². The first-order chi connectivity index (χ1) is 3.50. The Morgan fingerprint density at radius 1 is 1.33 bits per heavy atom. The van der Waals surface area contributed by atoms with Crippen LogP contribution in [0.25, 0.3) is 0 Å². The molecule has 0 aromatic rings. The molecule has 0 radical (unpaired) electrons. The summed E-state index contributed by atoms with van der Waals surface area (Å²) in [6.07, 6.45) is 0. The van der Waals surface area contributed by atoms with E-state index in [1.807, 2.05) is 4.39 Å². The average molecular weight is 317 g/mol. The first-order valence-electron chi connectivity index (χ1n) is 1.33. The van der Waals surface area contributed by atoms with E-state index in [9.17, 15) is 21.7 Å². The van der Waals surface area contributed by atoms with Crippen LogP contribution >= 0.6 is 0 Å². The van der Waals surface area contributed by atoms with Crippen molar-refractivity contribution in [3.63, 3.8) is 0 Å². The molecule has 8 heteroatoms. The van der Waals surface area contributed by atoms with Crippen LogP contribution in [0, 0.1) is 37.3 Å². The van der Waals surface area contributed by atoms with Gasteiger partial charge in [0.15, 0.2) is 0 Å². The van der Waals surface area contributed by atoms with Crippen LogP contribution < -0.4 is 0 Å². The standard InChI is InChI=1S/CHF3O3S.Er/c2-1(3)8(5,6)7-4;/h1H;. The summed E-state index contributed by atoms with van der Waals surface area (Å²) >= 11 is 0. The van der Waals surface area contributed by atoms with E-state index in [-0.39, 0.29) is 37.3 Å². The van der Waals surface area contributed by atoms with Gasteiger partial charge in [-0.1, -0.05) is 4.39 Å². The van der Waals surface area contributed by atoms with Crippen LogP contribution in [0.4, 0.5) is 13.3 Å². The number of rotatable bonds is 2. The Bertz CT molecular complexity index is 152. The molecular weight excluding hydrogens is 316 g/mol. The predicted molar refractivity (Wildman–Crippen MR) is 17.1 cm³/mol. The second-order valence-corrected chi connectivity index (χ2v) is 2.28. The van der Waals surface area contributed by atoms with Gasteiger partial charge in [0, 0.05) is 37.3 Å².